The van der Waals surface area contributed by atoms with Gasteiger partial charge in [0.25, 0.3) is 11.8 Å². The van der Waals surface area contributed by atoms with Crippen LogP contribution >= 0.6 is 31.9 Å². The van der Waals surface area contributed by atoms with Crippen molar-refractivity contribution >= 4 is 102 Å². The lowest BCUT2D eigenvalue weighted by Crippen LogP contribution is -2.55. The Labute approximate surface area is 470 Å². The number of benzene rings is 2. The zero-order valence-corrected chi connectivity index (χ0v) is 51.6. The van der Waals surface area contributed by atoms with E-state index >= 15 is 8.78 Å². The van der Waals surface area contributed by atoms with Crippen molar-refractivity contribution in [1.29, 1.82) is 0 Å². The second-order valence-electron chi connectivity index (χ2n) is 19.4. The van der Waals surface area contributed by atoms with Crippen molar-refractivity contribution in [1.82, 2.24) is 29.2 Å². The van der Waals surface area contributed by atoms with Gasteiger partial charge in [-0.1, -0.05) is 114 Å². The zero-order chi connectivity index (χ0) is 58.5. The highest BCUT2D eigenvalue weighted by Gasteiger charge is 2.48. The highest BCUT2D eigenvalue weighted by atomic mass is 79.9. The summed E-state index contributed by atoms with van der Waals surface area (Å²) >= 11 is 6.75. The number of pyridine rings is 2. The number of guanidine groups is 2. The quantitative estimate of drug-likeness (QED) is 0.0722. The number of rotatable bonds is 14. The molecule has 6 rings (SSSR count). The van der Waals surface area contributed by atoms with Gasteiger partial charge >= 0.3 is 12.4 Å². The Bertz CT molecular complexity index is 2950. The molecule has 0 bridgehead atoms. The molecule has 0 saturated carbocycles. The van der Waals surface area contributed by atoms with Crippen LogP contribution in [0.4, 0.5) is 35.1 Å². The van der Waals surface area contributed by atoms with Gasteiger partial charge < -0.3 is 0 Å². The number of amides is 2. The van der Waals surface area contributed by atoms with Crippen LogP contribution in [0.15, 0.2) is 101 Å². The van der Waals surface area contributed by atoms with Crippen molar-refractivity contribution in [2.45, 2.75) is 115 Å². The predicted molar refractivity (Wildman–Crippen MR) is 303 cm³/mol. The van der Waals surface area contributed by atoms with Gasteiger partial charge in [-0.15, -0.1) is 0 Å². The van der Waals surface area contributed by atoms with Crippen molar-refractivity contribution < 1.29 is 53.1 Å². The Morgan fingerprint density at radius 1 is 0.603 bits per heavy atom. The normalized spacial score (nSPS) is 21.9. The molecule has 4 heterocycles. The molecule has 28 heteroatoms. The van der Waals surface area contributed by atoms with Gasteiger partial charge in [-0.2, -0.15) is 26.3 Å². The van der Waals surface area contributed by atoms with E-state index in [4.69, 9.17) is 0 Å². The summed E-state index contributed by atoms with van der Waals surface area (Å²) in [4.78, 5) is 43.7. The smallest absolute Gasteiger partial charge is 0.292 e. The third-order valence-electron chi connectivity index (χ3n) is 14.6. The Hall–Kier alpha value is -4.65. The molecule has 0 fully saturated rings. The summed E-state index contributed by atoms with van der Waals surface area (Å²) in [5.41, 5.74) is -3.22. The van der Waals surface area contributed by atoms with E-state index in [1.165, 1.54) is 52.2 Å². The minimum atomic E-state index is -4.72. The van der Waals surface area contributed by atoms with Gasteiger partial charge in [0.05, 0.1) is 27.7 Å². The molecule has 4 aromatic rings. The number of nitrogens with one attached hydrogen (secondary N) is 2. The number of hydrogen-bond acceptors (Lipinski definition) is 10. The average Bonchev–Trinajstić information content (AvgIpc) is 3.40. The summed E-state index contributed by atoms with van der Waals surface area (Å²) in [6, 6.07) is 24.1. The average molecular weight is 1300 g/mol. The van der Waals surface area contributed by atoms with Gasteiger partial charge in [0.15, 0.2) is 0 Å². The fourth-order valence-corrected chi connectivity index (χ4v) is 22.4. The maximum Gasteiger partial charge on any atom is 0.408 e. The van der Waals surface area contributed by atoms with E-state index in [0.29, 0.717) is 19.6 Å². The molecule has 428 valence electrons. The van der Waals surface area contributed by atoms with Crippen LogP contribution in [0.1, 0.15) is 87.5 Å². The number of halogens is 10. The fourth-order valence-electron chi connectivity index (χ4n) is 9.59. The predicted octanol–water partition coefficient (Wildman–Crippen LogP) is 11.2. The van der Waals surface area contributed by atoms with Gasteiger partial charge in [0, 0.05) is 25.2 Å². The Morgan fingerprint density at radius 3 is 1.17 bits per heavy atom. The van der Waals surface area contributed by atoms with Crippen molar-refractivity contribution in [3.63, 3.8) is 0 Å². The second kappa shape index (κ2) is 25.0. The first kappa shape index (κ1) is 64.2. The van der Waals surface area contributed by atoms with Gasteiger partial charge in [0.2, 0.25) is 11.9 Å². The molecule has 2 aromatic carbocycles. The lowest BCUT2D eigenvalue weighted by Gasteiger charge is -2.39. The van der Waals surface area contributed by atoms with Gasteiger partial charge in [-0.25, -0.2) is 45.9 Å². The number of aromatic nitrogens is 2. The number of carbonyl (C=O) groups is 2. The molecule has 14 nitrogen and oxygen atoms in total. The molecule has 0 saturated heterocycles. The van der Waals surface area contributed by atoms with Gasteiger partial charge in [0.1, 0.15) is 76.2 Å². The van der Waals surface area contributed by atoms with Crippen LogP contribution in [0, 0.1) is 11.6 Å². The van der Waals surface area contributed by atoms with Crippen molar-refractivity contribution in [3.05, 3.63) is 116 Å². The highest BCUT2D eigenvalue weighted by molar-refractivity contribution is 9.10. The van der Waals surface area contributed by atoms with Gasteiger partial charge in [-0.05, 0) is 92.5 Å². The first-order valence-electron chi connectivity index (χ1n) is 25.0. The minimum absolute atomic E-state index is 0.159. The van der Waals surface area contributed by atoms with Crippen LogP contribution in [0.25, 0.3) is 0 Å². The first-order valence-corrected chi connectivity index (χ1v) is 35.1. The molecule has 2 aliphatic heterocycles. The Morgan fingerprint density at radius 2 is 0.897 bits per heavy atom. The second-order valence-corrected chi connectivity index (χ2v) is 36.0. The first-order chi connectivity index (χ1) is 36.3. The molecule has 0 spiro atoms. The fraction of sp³-hybridized carbons (Fsp3) is 0.480. The van der Waals surface area contributed by atoms with E-state index in [0.717, 1.165) is 44.9 Å². The van der Waals surface area contributed by atoms with E-state index in [2.05, 4.69) is 71.2 Å². The number of hydrogen-bond donors (Lipinski definition) is 2. The summed E-state index contributed by atoms with van der Waals surface area (Å²) in [6.45, 7) is 11.6. The number of aliphatic imine (C=N–C) groups is 2. The third-order valence-corrected chi connectivity index (χ3v) is 31.5. The molecular formula is C50H64Br2F8N10O4S2Si2. The van der Waals surface area contributed by atoms with E-state index in [-0.39, 0.29) is 34.4 Å². The number of nitrogens with zero attached hydrogens (tertiary/aromatic N) is 8. The summed E-state index contributed by atoms with van der Waals surface area (Å²) in [5.74, 6) is -4.18. The standard InChI is InChI=1S/2C25H32BrF4N5O2SSi/c2*1-6-39(7-2,8-3)18-14-19(26)32-21(20(18)27)24(4)16-38(37,31-15-25(28,29)30)35(5)23(34-24)33-22(36)17-12-10-9-11-13-17/h2*9-14H,6-8,15-16H2,1-5H3,(H,33,34,36)/t24-,38+;24-,38-/m00/s1. The lowest BCUT2D eigenvalue weighted by molar-refractivity contribution is -0.118. The zero-order valence-electron chi connectivity index (χ0n) is 44.8. The minimum Gasteiger partial charge on any atom is -0.292 e. The molecule has 4 atom stereocenters. The monoisotopic (exact) mass is 1300 g/mol. The third kappa shape index (κ3) is 14.3. The van der Waals surface area contributed by atoms with Crippen LogP contribution in [0.2, 0.25) is 36.3 Å². The molecule has 0 radical (unpaired) electrons. The van der Waals surface area contributed by atoms with E-state index < -0.39 is 107 Å². The van der Waals surface area contributed by atoms with Crippen LogP contribution in [0.3, 0.4) is 0 Å². The highest BCUT2D eigenvalue weighted by Crippen LogP contribution is 2.38. The van der Waals surface area contributed by atoms with E-state index in [1.807, 2.05) is 41.5 Å². The summed E-state index contributed by atoms with van der Waals surface area (Å²) in [7, 11) is -9.79. The molecule has 78 heavy (non-hydrogen) atoms. The maximum absolute atomic E-state index is 16.4. The molecule has 2 aliphatic rings. The summed E-state index contributed by atoms with van der Waals surface area (Å²) < 4.78 is 149. The van der Waals surface area contributed by atoms with Crippen LogP contribution in [0.5, 0.6) is 0 Å². The summed E-state index contributed by atoms with van der Waals surface area (Å²) in [5, 5.41) is 6.12. The number of alkyl halides is 6. The Balaban J connectivity index is 0.000000287. The molecule has 0 unspecified atom stereocenters. The maximum atomic E-state index is 16.4. The van der Waals surface area contributed by atoms with Crippen molar-refractivity contribution in [3.8, 4) is 0 Å². The summed E-state index contributed by atoms with van der Waals surface area (Å²) in [6.07, 6.45) is -9.44. The number of carbonyl (C=O) groups excluding carboxylic acids is 2. The van der Waals surface area contributed by atoms with Crippen LogP contribution < -0.4 is 21.0 Å². The van der Waals surface area contributed by atoms with Crippen LogP contribution in [-0.2, 0) is 30.9 Å². The largest absolute Gasteiger partial charge is 0.408 e. The molecular weight excluding hydrogens is 1240 g/mol. The molecule has 2 amide bonds. The Kier molecular flexibility index (Phi) is 20.6. The van der Waals surface area contributed by atoms with Crippen molar-refractivity contribution in [2.24, 2.45) is 18.7 Å². The van der Waals surface area contributed by atoms with E-state index in [1.54, 1.807) is 48.5 Å². The van der Waals surface area contributed by atoms with Gasteiger partial charge in [-0.3, -0.25) is 28.8 Å². The van der Waals surface area contributed by atoms with Crippen molar-refractivity contribution in [2.75, 3.05) is 38.7 Å². The SMILES string of the molecule is CC[Si](CC)(CC)c1cc(Br)nc([C@]2(C)C[S@@](=O)(=NCC(F)(F)F)N(C)C(NC(=O)c3ccccc3)=N2)c1F.CC[Si](CC)(CC)c1cc(Br)nc([C@]2(C)C[S@](=O)(=NCC(F)(F)F)N(C)C(NC(=O)c3ccccc3)=N2)c1F. The molecule has 2 N–H and O–H groups in total. The molecule has 2 aromatic heterocycles. The topological polar surface area (TPSA) is 174 Å². The molecule has 0 aliphatic carbocycles. The lowest BCUT2D eigenvalue weighted by atomic mass is 10.00. The van der Waals surface area contributed by atoms with Crippen LogP contribution in [-0.4, -0.2) is 118 Å². The van der Waals surface area contributed by atoms with E-state index in [9.17, 15) is 44.3 Å².